The lowest BCUT2D eigenvalue weighted by atomic mass is 9.94. The van der Waals surface area contributed by atoms with Crippen LogP contribution in [0, 0.1) is 5.92 Å². The van der Waals surface area contributed by atoms with Gasteiger partial charge in [-0.1, -0.05) is 60.7 Å². The Labute approximate surface area is 206 Å². The Morgan fingerprint density at radius 3 is 2.31 bits per heavy atom. The van der Waals surface area contributed by atoms with E-state index < -0.39 is 0 Å². The lowest BCUT2D eigenvalue weighted by Gasteiger charge is -2.40. The third-order valence-electron chi connectivity index (χ3n) is 7.24. The Kier molecular flexibility index (Phi) is 6.95. The van der Waals surface area contributed by atoms with Crippen molar-refractivity contribution in [2.75, 3.05) is 26.2 Å². The Balaban J connectivity index is 1.34. The predicted octanol–water partition coefficient (Wildman–Crippen LogP) is 3.48. The summed E-state index contributed by atoms with van der Waals surface area (Å²) in [6.07, 6.45) is 3.95. The highest BCUT2D eigenvalue weighted by Crippen LogP contribution is 2.33. The first-order valence-corrected chi connectivity index (χ1v) is 12.5. The second kappa shape index (κ2) is 10.4. The number of carbonyl (C=O) groups is 2. The van der Waals surface area contributed by atoms with Gasteiger partial charge in [0.05, 0.1) is 6.04 Å². The van der Waals surface area contributed by atoms with Gasteiger partial charge in [-0.2, -0.15) is 0 Å². The molecule has 2 aliphatic rings. The van der Waals surface area contributed by atoms with E-state index >= 15 is 0 Å². The molecule has 2 aromatic carbocycles. The maximum atomic E-state index is 12.9. The van der Waals surface area contributed by atoms with Gasteiger partial charge in [0.1, 0.15) is 11.5 Å². The number of aromatic nitrogens is 2. The Morgan fingerprint density at radius 1 is 0.943 bits per heavy atom. The normalized spacial score (nSPS) is 18.8. The number of hydrogen-bond acceptors (Lipinski definition) is 4. The summed E-state index contributed by atoms with van der Waals surface area (Å²) < 4.78 is 2.14. The lowest BCUT2D eigenvalue weighted by molar-refractivity contribution is -0.130. The maximum Gasteiger partial charge on any atom is 0.271 e. The van der Waals surface area contributed by atoms with E-state index in [-0.39, 0.29) is 17.9 Å². The van der Waals surface area contributed by atoms with Crippen LogP contribution in [0.25, 0.3) is 0 Å². The number of rotatable bonds is 6. The first-order chi connectivity index (χ1) is 17.1. The molecular formula is C28H33N5O2. The summed E-state index contributed by atoms with van der Waals surface area (Å²) in [7, 11) is 0. The van der Waals surface area contributed by atoms with Gasteiger partial charge in [-0.3, -0.25) is 14.5 Å². The van der Waals surface area contributed by atoms with Gasteiger partial charge in [0.15, 0.2) is 0 Å². The Morgan fingerprint density at radius 2 is 1.63 bits per heavy atom. The van der Waals surface area contributed by atoms with Gasteiger partial charge in [0.25, 0.3) is 5.91 Å². The summed E-state index contributed by atoms with van der Waals surface area (Å²) in [6, 6.07) is 20.4. The molecule has 1 N–H and O–H groups in total. The molecule has 0 unspecified atom stereocenters. The molecule has 3 aromatic rings. The maximum absolute atomic E-state index is 12.9. The minimum absolute atomic E-state index is 0.00598. The molecule has 0 aliphatic carbocycles. The average Bonchev–Trinajstić information content (AvgIpc) is 3.33. The molecule has 35 heavy (non-hydrogen) atoms. The first kappa shape index (κ1) is 23.3. The number of hydrogen-bond donors (Lipinski definition) is 1. The highest BCUT2D eigenvalue weighted by molar-refractivity contribution is 5.92. The summed E-state index contributed by atoms with van der Waals surface area (Å²) in [6.45, 7) is 6.49. The van der Waals surface area contributed by atoms with Gasteiger partial charge in [0, 0.05) is 52.4 Å². The van der Waals surface area contributed by atoms with Crippen LogP contribution < -0.4 is 5.32 Å². The number of benzene rings is 2. The molecule has 1 atom stereocenters. The van der Waals surface area contributed by atoms with Crippen LogP contribution in [0.1, 0.15) is 53.2 Å². The third kappa shape index (κ3) is 5.30. The fourth-order valence-electron chi connectivity index (χ4n) is 5.29. The third-order valence-corrected chi connectivity index (χ3v) is 7.24. The standard InChI is InChI=1S/C28H33N5O2/c1-21(34)31-14-12-23(13-15-31)19-32-16-17-33-20-25(28(35)29-18-22-8-4-2-5-9-22)30-27(33)26(32)24-10-6-3-7-11-24/h2-11,20,23,26H,12-19H2,1H3,(H,29,35)/t26-/m1/s1. The van der Waals surface area contributed by atoms with Crippen LogP contribution in [0.5, 0.6) is 0 Å². The fourth-order valence-corrected chi connectivity index (χ4v) is 5.29. The molecule has 0 bridgehead atoms. The van der Waals surface area contributed by atoms with Crippen LogP contribution in [0.2, 0.25) is 0 Å². The molecule has 5 rings (SSSR count). The molecule has 0 spiro atoms. The number of nitrogens with one attached hydrogen (secondary N) is 1. The number of likely N-dealkylation sites (tertiary alicyclic amines) is 1. The van der Waals surface area contributed by atoms with Gasteiger partial charge >= 0.3 is 0 Å². The monoisotopic (exact) mass is 471 g/mol. The Bertz CT molecular complexity index is 1150. The zero-order valence-corrected chi connectivity index (χ0v) is 20.3. The second-order valence-electron chi connectivity index (χ2n) is 9.60. The average molecular weight is 472 g/mol. The summed E-state index contributed by atoms with van der Waals surface area (Å²) in [4.78, 5) is 34.0. The zero-order valence-electron chi connectivity index (χ0n) is 20.3. The van der Waals surface area contributed by atoms with E-state index in [1.807, 2.05) is 47.5 Å². The largest absolute Gasteiger partial charge is 0.347 e. The van der Waals surface area contributed by atoms with Crippen LogP contribution in [-0.2, 0) is 17.9 Å². The molecule has 0 saturated carbocycles. The van der Waals surface area contributed by atoms with Crippen LogP contribution in [0.4, 0.5) is 0 Å². The molecule has 0 radical (unpaired) electrons. The SMILES string of the molecule is CC(=O)N1CCC(CN2CCn3cc(C(=O)NCc4ccccc4)nc3[C@H]2c2ccccc2)CC1. The van der Waals surface area contributed by atoms with E-state index in [0.717, 1.165) is 57.0 Å². The lowest BCUT2D eigenvalue weighted by Crippen LogP contribution is -2.44. The number of imidazole rings is 1. The minimum Gasteiger partial charge on any atom is -0.347 e. The van der Waals surface area contributed by atoms with Gasteiger partial charge in [-0.05, 0) is 29.9 Å². The van der Waals surface area contributed by atoms with Gasteiger partial charge < -0.3 is 14.8 Å². The van der Waals surface area contributed by atoms with Crippen molar-refractivity contribution < 1.29 is 9.59 Å². The van der Waals surface area contributed by atoms with Gasteiger partial charge in [-0.15, -0.1) is 0 Å². The van der Waals surface area contributed by atoms with Gasteiger partial charge in [0.2, 0.25) is 5.91 Å². The molecule has 7 nitrogen and oxygen atoms in total. The van der Waals surface area contributed by atoms with Crippen molar-refractivity contribution in [3.63, 3.8) is 0 Å². The van der Waals surface area contributed by atoms with Crippen molar-refractivity contribution in [3.8, 4) is 0 Å². The molecule has 1 saturated heterocycles. The molecule has 7 heteroatoms. The summed E-state index contributed by atoms with van der Waals surface area (Å²) in [5, 5.41) is 3.01. The van der Waals surface area contributed by atoms with Crippen LogP contribution >= 0.6 is 0 Å². The van der Waals surface area contributed by atoms with E-state index in [1.165, 1.54) is 5.56 Å². The highest BCUT2D eigenvalue weighted by atomic mass is 16.2. The van der Waals surface area contributed by atoms with Crippen molar-refractivity contribution in [1.82, 2.24) is 24.7 Å². The number of fused-ring (bicyclic) bond motifs is 1. The van der Waals surface area contributed by atoms with Crippen molar-refractivity contribution in [2.24, 2.45) is 5.92 Å². The molecule has 3 heterocycles. The molecule has 2 aliphatic heterocycles. The second-order valence-corrected chi connectivity index (χ2v) is 9.60. The summed E-state index contributed by atoms with van der Waals surface area (Å²) >= 11 is 0. The van der Waals surface area contributed by atoms with Gasteiger partial charge in [-0.25, -0.2) is 4.98 Å². The van der Waals surface area contributed by atoms with E-state index in [0.29, 0.717) is 18.2 Å². The Hall–Kier alpha value is -3.45. The summed E-state index contributed by atoms with van der Waals surface area (Å²) in [5.41, 5.74) is 2.72. The molecule has 2 amide bonds. The topological polar surface area (TPSA) is 70.5 Å². The fraction of sp³-hybridized carbons (Fsp3) is 0.393. The summed E-state index contributed by atoms with van der Waals surface area (Å²) in [5.74, 6) is 1.50. The van der Waals surface area contributed by atoms with Crippen molar-refractivity contribution >= 4 is 11.8 Å². The predicted molar refractivity (Wildman–Crippen MR) is 135 cm³/mol. The number of nitrogens with zero attached hydrogens (tertiary/aromatic N) is 4. The van der Waals surface area contributed by atoms with Crippen molar-refractivity contribution in [3.05, 3.63) is 89.5 Å². The minimum atomic E-state index is -0.147. The van der Waals surface area contributed by atoms with Crippen LogP contribution in [0.3, 0.4) is 0 Å². The number of piperidine rings is 1. The number of carbonyl (C=O) groups excluding carboxylic acids is 2. The zero-order chi connectivity index (χ0) is 24.2. The smallest absolute Gasteiger partial charge is 0.271 e. The van der Waals surface area contributed by atoms with E-state index in [1.54, 1.807) is 6.92 Å². The van der Waals surface area contributed by atoms with E-state index in [4.69, 9.17) is 4.98 Å². The van der Waals surface area contributed by atoms with Crippen molar-refractivity contribution in [2.45, 2.75) is 38.9 Å². The van der Waals surface area contributed by atoms with E-state index in [9.17, 15) is 9.59 Å². The molecule has 1 fully saturated rings. The van der Waals surface area contributed by atoms with Crippen LogP contribution in [-0.4, -0.2) is 57.3 Å². The molecule has 182 valence electrons. The molecule has 1 aromatic heterocycles. The highest BCUT2D eigenvalue weighted by Gasteiger charge is 2.34. The number of amides is 2. The first-order valence-electron chi connectivity index (χ1n) is 12.5. The molecular weight excluding hydrogens is 438 g/mol. The van der Waals surface area contributed by atoms with Crippen molar-refractivity contribution in [1.29, 1.82) is 0 Å². The van der Waals surface area contributed by atoms with Crippen LogP contribution in [0.15, 0.2) is 66.9 Å². The van der Waals surface area contributed by atoms with E-state index in [2.05, 4.69) is 39.0 Å². The quantitative estimate of drug-likeness (QED) is 0.598.